The van der Waals surface area contributed by atoms with Crippen molar-refractivity contribution in [3.63, 3.8) is 0 Å². The summed E-state index contributed by atoms with van der Waals surface area (Å²) in [5.74, 6) is -2.83. The molecule has 0 spiro atoms. The lowest BCUT2D eigenvalue weighted by Gasteiger charge is -2.24. The number of anilines is 1. The Morgan fingerprint density at radius 1 is 1.19 bits per heavy atom. The maximum Gasteiger partial charge on any atom is 0.348 e. The molecule has 10 heteroatoms. The van der Waals surface area contributed by atoms with Crippen LogP contribution >= 0.6 is 0 Å². The van der Waals surface area contributed by atoms with E-state index in [4.69, 9.17) is 0 Å². The first-order valence-corrected chi connectivity index (χ1v) is 7.97. The highest BCUT2D eigenvalue weighted by Gasteiger charge is 2.54. The summed E-state index contributed by atoms with van der Waals surface area (Å²) in [5, 5.41) is 4.85. The molecule has 26 heavy (non-hydrogen) atoms. The fraction of sp³-hybridized carbons (Fsp3) is 0.375. The van der Waals surface area contributed by atoms with Gasteiger partial charge in [-0.2, -0.15) is 9.47 Å². The second-order valence-electron chi connectivity index (χ2n) is 7.04. The van der Waals surface area contributed by atoms with E-state index in [2.05, 4.69) is 15.1 Å². The third kappa shape index (κ3) is 2.40. The number of hydrogen-bond acceptors (Lipinski definition) is 5. The molecule has 4 heterocycles. The topological polar surface area (TPSA) is 88.8 Å². The minimum atomic E-state index is -2.83. The van der Waals surface area contributed by atoms with Crippen molar-refractivity contribution in [1.82, 2.24) is 24.5 Å². The zero-order valence-corrected chi connectivity index (χ0v) is 14.1. The number of nitrogens with zero attached hydrogens (tertiary/aromatic N) is 5. The van der Waals surface area contributed by atoms with Gasteiger partial charge in [0, 0.05) is 29.6 Å². The highest BCUT2D eigenvalue weighted by atomic mass is 19.3. The number of fused-ring (bicyclic) bond motifs is 1. The van der Waals surface area contributed by atoms with Gasteiger partial charge in [0.05, 0.1) is 30.8 Å². The molecular weight excluding hydrogens is 346 g/mol. The third-order valence-corrected chi connectivity index (χ3v) is 4.73. The van der Waals surface area contributed by atoms with E-state index in [1.807, 2.05) is 0 Å². The van der Waals surface area contributed by atoms with Crippen LogP contribution in [-0.2, 0) is 0 Å². The van der Waals surface area contributed by atoms with Gasteiger partial charge in [-0.3, -0.25) is 14.8 Å². The molecule has 0 radical (unpaired) electrons. The van der Waals surface area contributed by atoms with Crippen LogP contribution in [0.2, 0.25) is 0 Å². The molecule has 3 aromatic heterocycles. The monoisotopic (exact) mass is 362 g/mol. The van der Waals surface area contributed by atoms with E-state index in [0.717, 1.165) is 4.68 Å². The molecule has 0 aliphatic carbocycles. The Hall–Kier alpha value is -3.04. The molecule has 0 unspecified atom stereocenters. The van der Waals surface area contributed by atoms with E-state index >= 15 is 0 Å². The molecule has 3 aromatic rings. The second-order valence-corrected chi connectivity index (χ2v) is 7.04. The molecule has 1 fully saturated rings. The lowest BCUT2D eigenvalue weighted by Crippen LogP contribution is -2.34. The van der Waals surface area contributed by atoms with E-state index in [9.17, 15) is 18.4 Å². The number of halogens is 2. The summed E-state index contributed by atoms with van der Waals surface area (Å²) in [5.41, 5.74) is -1.37. The Labute approximate surface area is 145 Å². The fourth-order valence-electron chi connectivity index (χ4n) is 3.12. The number of hydrogen-bond donors (Lipinski definition) is 1. The summed E-state index contributed by atoms with van der Waals surface area (Å²) in [4.78, 5) is 32.2. The Morgan fingerprint density at radius 2 is 1.96 bits per heavy atom. The summed E-state index contributed by atoms with van der Waals surface area (Å²) in [7, 11) is 0. The van der Waals surface area contributed by atoms with Crippen molar-refractivity contribution in [2.45, 2.75) is 19.8 Å². The summed E-state index contributed by atoms with van der Waals surface area (Å²) in [6, 6.07) is 1.19. The summed E-state index contributed by atoms with van der Waals surface area (Å²) in [6.07, 6.45) is 5.84. The molecule has 0 amide bonds. The van der Waals surface area contributed by atoms with Crippen LogP contribution in [0.25, 0.3) is 10.9 Å². The van der Waals surface area contributed by atoms with Crippen molar-refractivity contribution in [2.75, 3.05) is 18.0 Å². The van der Waals surface area contributed by atoms with Crippen LogP contribution in [0.4, 0.5) is 14.5 Å². The predicted octanol–water partition coefficient (Wildman–Crippen LogP) is 1.07. The zero-order chi connectivity index (χ0) is 18.7. The molecule has 4 rings (SSSR count). The largest absolute Gasteiger partial charge is 0.363 e. The van der Waals surface area contributed by atoms with E-state index in [-0.39, 0.29) is 6.54 Å². The number of pyridine rings is 1. The molecule has 0 saturated carbocycles. The van der Waals surface area contributed by atoms with Crippen LogP contribution in [0.3, 0.4) is 0 Å². The first-order chi connectivity index (χ1) is 12.2. The zero-order valence-electron chi connectivity index (χ0n) is 14.1. The van der Waals surface area contributed by atoms with Crippen LogP contribution < -0.4 is 16.1 Å². The van der Waals surface area contributed by atoms with E-state index < -0.39 is 29.1 Å². The molecule has 0 aromatic carbocycles. The lowest BCUT2D eigenvalue weighted by atomic mass is 9.89. The fourth-order valence-corrected chi connectivity index (χ4v) is 3.12. The van der Waals surface area contributed by atoms with Gasteiger partial charge in [-0.1, -0.05) is 13.8 Å². The number of alkyl halides is 2. The van der Waals surface area contributed by atoms with Gasteiger partial charge in [0.1, 0.15) is 5.52 Å². The molecule has 0 atom stereocenters. The molecule has 1 aliphatic heterocycles. The molecule has 1 N–H and O–H groups in total. The van der Waals surface area contributed by atoms with Crippen LogP contribution in [0.5, 0.6) is 0 Å². The Bertz CT molecular complexity index is 1100. The SMILES string of the molecule is CC1(C)CN(c2cncc3nn(-n4ccc(=O)[nH]c4=O)cc23)CC1(F)F. The Kier molecular flexibility index (Phi) is 3.30. The van der Waals surface area contributed by atoms with Crippen LogP contribution in [0.1, 0.15) is 13.8 Å². The second kappa shape index (κ2) is 5.23. The van der Waals surface area contributed by atoms with Gasteiger partial charge in [0.25, 0.3) is 11.5 Å². The maximum atomic E-state index is 14.3. The lowest BCUT2D eigenvalue weighted by molar-refractivity contribution is -0.0642. The average molecular weight is 362 g/mol. The first kappa shape index (κ1) is 16.4. The van der Waals surface area contributed by atoms with E-state index in [1.165, 1.54) is 43.3 Å². The van der Waals surface area contributed by atoms with E-state index in [1.54, 1.807) is 11.1 Å². The molecule has 0 bridgehead atoms. The average Bonchev–Trinajstić information content (AvgIpc) is 3.05. The summed E-state index contributed by atoms with van der Waals surface area (Å²) >= 11 is 0. The number of aromatic nitrogens is 5. The van der Waals surface area contributed by atoms with E-state index in [0.29, 0.717) is 16.6 Å². The van der Waals surface area contributed by atoms with Crippen LogP contribution in [0.15, 0.2) is 40.4 Å². The standard InChI is InChI=1S/C16H16F2N6O2/c1-15(2)8-22(9-16(15,17)18)12-6-19-5-11-10(12)7-24(21-11)23-4-3-13(25)20-14(23)26/h3-7H,8-9H2,1-2H3,(H,20,25,26). The van der Waals surface area contributed by atoms with Crippen molar-refractivity contribution in [2.24, 2.45) is 5.41 Å². The van der Waals surface area contributed by atoms with Crippen molar-refractivity contribution >= 4 is 16.6 Å². The quantitative estimate of drug-likeness (QED) is 0.737. The summed E-state index contributed by atoms with van der Waals surface area (Å²) < 4.78 is 29.6. The van der Waals surface area contributed by atoms with Gasteiger partial charge < -0.3 is 4.90 Å². The minimum absolute atomic E-state index is 0.171. The predicted molar refractivity (Wildman–Crippen MR) is 90.6 cm³/mol. The molecule has 8 nitrogen and oxygen atoms in total. The first-order valence-electron chi connectivity index (χ1n) is 7.97. The summed E-state index contributed by atoms with van der Waals surface area (Å²) in [6.45, 7) is 2.82. The van der Waals surface area contributed by atoms with Gasteiger partial charge in [-0.15, -0.1) is 5.10 Å². The number of H-pyrrole nitrogens is 1. The van der Waals surface area contributed by atoms with Crippen LogP contribution in [0, 0.1) is 5.41 Å². The van der Waals surface area contributed by atoms with Gasteiger partial charge in [0.15, 0.2) is 0 Å². The highest BCUT2D eigenvalue weighted by molar-refractivity contribution is 5.90. The van der Waals surface area contributed by atoms with Crippen molar-refractivity contribution in [3.05, 3.63) is 51.7 Å². The van der Waals surface area contributed by atoms with Gasteiger partial charge >= 0.3 is 5.69 Å². The third-order valence-electron chi connectivity index (χ3n) is 4.73. The maximum absolute atomic E-state index is 14.3. The van der Waals surface area contributed by atoms with Crippen molar-refractivity contribution < 1.29 is 8.78 Å². The van der Waals surface area contributed by atoms with Crippen molar-refractivity contribution in [1.29, 1.82) is 0 Å². The van der Waals surface area contributed by atoms with Crippen LogP contribution in [-0.4, -0.2) is 43.5 Å². The minimum Gasteiger partial charge on any atom is -0.363 e. The van der Waals surface area contributed by atoms with Gasteiger partial charge in [0.2, 0.25) is 0 Å². The molecule has 1 saturated heterocycles. The smallest absolute Gasteiger partial charge is 0.348 e. The molecular formula is C16H16F2N6O2. The van der Waals surface area contributed by atoms with Gasteiger partial charge in [-0.05, 0) is 0 Å². The molecule has 136 valence electrons. The number of aromatic amines is 1. The molecule has 1 aliphatic rings. The Balaban J connectivity index is 1.83. The van der Waals surface area contributed by atoms with Crippen molar-refractivity contribution in [3.8, 4) is 0 Å². The number of rotatable bonds is 2. The Morgan fingerprint density at radius 3 is 2.62 bits per heavy atom. The number of nitrogens with one attached hydrogen (secondary N) is 1. The van der Waals surface area contributed by atoms with Gasteiger partial charge in [-0.25, -0.2) is 13.6 Å². The normalized spacial score (nSPS) is 18.5. The highest BCUT2D eigenvalue weighted by Crippen LogP contribution is 2.45.